The Morgan fingerprint density at radius 2 is 2.41 bits per heavy atom. The van der Waals surface area contributed by atoms with Gasteiger partial charge in [-0.05, 0) is 31.9 Å². The van der Waals surface area contributed by atoms with Crippen LogP contribution in [0.15, 0.2) is 12.1 Å². The highest BCUT2D eigenvalue weighted by atomic mass is 16.5. The van der Waals surface area contributed by atoms with Crippen LogP contribution in [0.2, 0.25) is 0 Å². The topological polar surface area (TPSA) is 71.6 Å². The van der Waals surface area contributed by atoms with E-state index >= 15 is 0 Å². The number of aromatic nitrogens is 1. The lowest BCUT2D eigenvalue weighted by Gasteiger charge is -2.24. The molecule has 1 saturated heterocycles. The summed E-state index contributed by atoms with van der Waals surface area (Å²) in [5, 5.41) is 9.30. The molecule has 0 aromatic carbocycles. The maximum atomic E-state index is 9.30. The monoisotopic (exact) mass is 237 g/mol. The second-order valence-electron chi connectivity index (χ2n) is 4.17. The summed E-state index contributed by atoms with van der Waals surface area (Å²) in [6.07, 6.45) is 2.09. The van der Waals surface area contributed by atoms with E-state index in [4.69, 9.17) is 10.5 Å². The number of aliphatic hydroxyl groups excluding tert-OH is 1. The molecule has 0 spiro atoms. The lowest BCUT2D eigenvalue weighted by Crippen LogP contribution is -2.32. The molecule has 0 aliphatic carbocycles. The summed E-state index contributed by atoms with van der Waals surface area (Å²) in [6, 6.07) is 3.85. The van der Waals surface area contributed by atoms with Crippen LogP contribution in [0.25, 0.3) is 0 Å². The molecule has 3 N–H and O–H groups in total. The summed E-state index contributed by atoms with van der Waals surface area (Å²) in [6.45, 7) is 3.54. The zero-order valence-electron chi connectivity index (χ0n) is 10.1. The fraction of sp³-hybridized carbons (Fsp3) is 0.583. The Hall–Kier alpha value is -1.49. The molecule has 5 nitrogen and oxygen atoms in total. The SMILES string of the molecule is CCOc1nc(N2CCCC2CO)ccc1N. The Morgan fingerprint density at radius 3 is 3.12 bits per heavy atom. The Kier molecular flexibility index (Phi) is 3.68. The highest BCUT2D eigenvalue weighted by molar-refractivity contribution is 5.55. The molecular formula is C12H19N3O2. The van der Waals surface area contributed by atoms with Crippen molar-refractivity contribution < 1.29 is 9.84 Å². The second kappa shape index (κ2) is 5.23. The van der Waals surface area contributed by atoms with Gasteiger partial charge in [-0.1, -0.05) is 0 Å². The number of ether oxygens (including phenoxy) is 1. The van der Waals surface area contributed by atoms with E-state index in [0.717, 1.165) is 25.2 Å². The Labute approximate surface area is 101 Å². The molecule has 0 saturated carbocycles. The van der Waals surface area contributed by atoms with Crippen LogP contribution in [0.1, 0.15) is 19.8 Å². The molecule has 0 amide bonds. The largest absolute Gasteiger partial charge is 0.476 e. The maximum absolute atomic E-state index is 9.30. The standard InChI is InChI=1S/C12H19N3O2/c1-2-17-12-10(13)5-6-11(14-12)15-7-3-4-9(15)8-16/h5-6,9,16H,2-4,7-8,13H2,1H3. The first-order chi connectivity index (χ1) is 8.26. The number of nitrogen functional groups attached to an aromatic ring is 1. The molecular weight excluding hydrogens is 218 g/mol. The molecule has 1 unspecified atom stereocenters. The number of nitrogens with zero attached hydrogens (tertiary/aromatic N) is 2. The van der Waals surface area contributed by atoms with Gasteiger partial charge < -0.3 is 20.5 Å². The van der Waals surface area contributed by atoms with E-state index in [1.807, 2.05) is 13.0 Å². The van der Waals surface area contributed by atoms with Gasteiger partial charge in [0.1, 0.15) is 5.82 Å². The first kappa shape index (κ1) is 12.0. The van der Waals surface area contributed by atoms with Crippen LogP contribution in [-0.4, -0.2) is 35.9 Å². The lowest BCUT2D eigenvalue weighted by molar-refractivity contribution is 0.265. The molecule has 1 aromatic rings. The quantitative estimate of drug-likeness (QED) is 0.818. The molecule has 0 radical (unpaired) electrons. The number of nitrogens with two attached hydrogens (primary N) is 1. The van der Waals surface area contributed by atoms with Gasteiger partial charge in [0.2, 0.25) is 5.88 Å². The van der Waals surface area contributed by atoms with Crippen LogP contribution in [0.5, 0.6) is 5.88 Å². The third-order valence-electron chi connectivity index (χ3n) is 3.04. The summed E-state index contributed by atoms with van der Waals surface area (Å²) in [5.41, 5.74) is 6.34. The molecule has 1 aliphatic heterocycles. The fourth-order valence-corrected chi connectivity index (χ4v) is 2.18. The van der Waals surface area contributed by atoms with Crippen molar-refractivity contribution in [2.45, 2.75) is 25.8 Å². The van der Waals surface area contributed by atoms with E-state index in [0.29, 0.717) is 18.2 Å². The van der Waals surface area contributed by atoms with Crippen molar-refractivity contribution in [1.29, 1.82) is 0 Å². The smallest absolute Gasteiger partial charge is 0.239 e. The zero-order chi connectivity index (χ0) is 12.3. The Morgan fingerprint density at radius 1 is 1.59 bits per heavy atom. The van der Waals surface area contributed by atoms with Crippen LogP contribution < -0.4 is 15.4 Å². The summed E-state index contributed by atoms with van der Waals surface area (Å²) in [5.74, 6) is 1.31. The van der Waals surface area contributed by atoms with E-state index in [2.05, 4.69) is 9.88 Å². The normalized spacial score (nSPS) is 19.6. The van der Waals surface area contributed by atoms with Crippen LogP contribution in [0.3, 0.4) is 0 Å². The highest BCUT2D eigenvalue weighted by Crippen LogP contribution is 2.28. The number of aliphatic hydroxyl groups is 1. The number of hydrogen-bond donors (Lipinski definition) is 2. The van der Waals surface area contributed by atoms with Crippen molar-refractivity contribution in [3.63, 3.8) is 0 Å². The maximum Gasteiger partial charge on any atom is 0.239 e. The second-order valence-corrected chi connectivity index (χ2v) is 4.17. The molecule has 0 bridgehead atoms. The summed E-state index contributed by atoms with van der Waals surface area (Å²) in [4.78, 5) is 6.52. The van der Waals surface area contributed by atoms with E-state index < -0.39 is 0 Å². The van der Waals surface area contributed by atoms with E-state index in [1.165, 1.54) is 0 Å². The lowest BCUT2D eigenvalue weighted by atomic mass is 10.2. The molecule has 2 rings (SSSR count). The molecule has 1 fully saturated rings. The summed E-state index contributed by atoms with van der Waals surface area (Å²) >= 11 is 0. The van der Waals surface area contributed by atoms with Crippen LogP contribution in [0, 0.1) is 0 Å². The third-order valence-corrected chi connectivity index (χ3v) is 3.04. The van der Waals surface area contributed by atoms with Gasteiger partial charge in [0.05, 0.1) is 24.9 Å². The summed E-state index contributed by atoms with van der Waals surface area (Å²) in [7, 11) is 0. The van der Waals surface area contributed by atoms with E-state index in [-0.39, 0.29) is 12.6 Å². The molecule has 2 heterocycles. The minimum Gasteiger partial charge on any atom is -0.476 e. The molecule has 1 aromatic heterocycles. The van der Waals surface area contributed by atoms with Crippen LogP contribution in [-0.2, 0) is 0 Å². The van der Waals surface area contributed by atoms with Crippen molar-refractivity contribution in [2.75, 3.05) is 30.4 Å². The minimum atomic E-state index is 0.163. The van der Waals surface area contributed by atoms with Gasteiger partial charge in [0, 0.05) is 6.54 Å². The van der Waals surface area contributed by atoms with E-state index in [9.17, 15) is 5.11 Å². The van der Waals surface area contributed by atoms with Gasteiger partial charge >= 0.3 is 0 Å². The van der Waals surface area contributed by atoms with Gasteiger partial charge in [-0.2, -0.15) is 4.98 Å². The number of pyridine rings is 1. The predicted octanol–water partition coefficient (Wildman–Crippen LogP) is 1.02. The van der Waals surface area contributed by atoms with Crippen molar-refractivity contribution >= 4 is 11.5 Å². The van der Waals surface area contributed by atoms with Crippen molar-refractivity contribution in [3.05, 3.63) is 12.1 Å². The third kappa shape index (κ3) is 2.44. The van der Waals surface area contributed by atoms with Crippen LogP contribution >= 0.6 is 0 Å². The van der Waals surface area contributed by atoms with Crippen molar-refractivity contribution in [2.24, 2.45) is 0 Å². The Bertz CT molecular complexity index is 384. The number of rotatable bonds is 4. The van der Waals surface area contributed by atoms with Gasteiger partial charge in [0.15, 0.2) is 0 Å². The molecule has 94 valence electrons. The van der Waals surface area contributed by atoms with Crippen LogP contribution in [0.4, 0.5) is 11.5 Å². The van der Waals surface area contributed by atoms with Gasteiger partial charge in [-0.15, -0.1) is 0 Å². The highest BCUT2D eigenvalue weighted by Gasteiger charge is 2.25. The zero-order valence-corrected chi connectivity index (χ0v) is 10.1. The molecule has 1 aliphatic rings. The minimum absolute atomic E-state index is 0.163. The molecule has 1 atom stereocenters. The number of anilines is 2. The average Bonchev–Trinajstić information content (AvgIpc) is 2.80. The molecule has 5 heteroatoms. The van der Waals surface area contributed by atoms with Crippen molar-refractivity contribution in [3.8, 4) is 5.88 Å². The summed E-state index contributed by atoms with van der Waals surface area (Å²) < 4.78 is 5.38. The van der Waals surface area contributed by atoms with E-state index in [1.54, 1.807) is 6.07 Å². The number of hydrogen-bond acceptors (Lipinski definition) is 5. The molecule has 17 heavy (non-hydrogen) atoms. The predicted molar refractivity (Wildman–Crippen MR) is 67.3 cm³/mol. The Balaban J connectivity index is 2.23. The first-order valence-corrected chi connectivity index (χ1v) is 6.03. The van der Waals surface area contributed by atoms with Crippen molar-refractivity contribution in [1.82, 2.24) is 4.98 Å². The first-order valence-electron chi connectivity index (χ1n) is 6.03. The fourth-order valence-electron chi connectivity index (χ4n) is 2.18. The van der Waals surface area contributed by atoms with Gasteiger partial charge in [0.25, 0.3) is 0 Å². The van der Waals surface area contributed by atoms with Gasteiger partial charge in [-0.25, -0.2) is 0 Å². The van der Waals surface area contributed by atoms with Gasteiger partial charge in [-0.3, -0.25) is 0 Å². The average molecular weight is 237 g/mol.